The third-order valence-corrected chi connectivity index (χ3v) is 4.49. The first-order valence-electron chi connectivity index (χ1n) is 10.0. The van der Waals surface area contributed by atoms with Gasteiger partial charge in [-0.25, -0.2) is 9.78 Å². The average Bonchev–Trinajstić information content (AvgIpc) is 3.24. The van der Waals surface area contributed by atoms with E-state index in [4.69, 9.17) is 0 Å². The van der Waals surface area contributed by atoms with Crippen LogP contribution in [0.5, 0.6) is 5.75 Å². The molecule has 0 aliphatic carbocycles. The lowest BCUT2D eigenvalue weighted by molar-refractivity contribution is -0.142. The Morgan fingerprint density at radius 1 is 1.06 bits per heavy atom. The van der Waals surface area contributed by atoms with Crippen molar-refractivity contribution in [2.24, 2.45) is 5.92 Å². The molecule has 32 heavy (non-hydrogen) atoms. The smallest absolute Gasteiger partial charge is 0.326 e. The van der Waals surface area contributed by atoms with E-state index in [1.54, 1.807) is 0 Å². The van der Waals surface area contributed by atoms with Crippen molar-refractivity contribution in [1.29, 1.82) is 0 Å². The number of nitrogens with zero attached hydrogens (tertiary/aromatic N) is 1. The molecule has 0 aliphatic rings. The van der Waals surface area contributed by atoms with Crippen LogP contribution in [0.3, 0.4) is 0 Å². The average molecular weight is 445 g/mol. The van der Waals surface area contributed by atoms with Crippen LogP contribution in [0.2, 0.25) is 0 Å². The number of amides is 3. The summed E-state index contributed by atoms with van der Waals surface area (Å²) in [4.78, 5) is 55.5. The molecule has 0 radical (unpaired) electrons. The minimum absolute atomic E-state index is 0.00378. The molecule has 11 nitrogen and oxygen atoms in total. The number of hydrogen-bond acceptors (Lipinski definition) is 6. The van der Waals surface area contributed by atoms with Gasteiger partial charge in [0.25, 0.3) is 5.91 Å². The number of phenolic OH excluding ortho intramolecular Hbond substituents is 1. The van der Waals surface area contributed by atoms with Crippen LogP contribution in [-0.4, -0.2) is 62.5 Å². The molecule has 2 aromatic rings. The highest BCUT2D eigenvalue weighted by molar-refractivity contribution is 5.97. The van der Waals surface area contributed by atoms with Gasteiger partial charge in [0.2, 0.25) is 11.8 Å². The van der Waals surface area contributed by atoms with Crippen molar-refractivity contribution in [3.05, 3.63) is 48.0 Å². The fraction of sp³-hybridized carbons (Fsp3) is 0.381. The van der Waals surface area contributed by atoms with Gasteiger partial charge in [-0.3, -0.25) is 14.4 Å². The van der Waals surface area contributed by atoms with Gasteiger partial charge in [0.15, 0.2) is 0 Å². The van der Waals surface area contributed by atoms with Gasteiger partial charge < -0.3 is 31.1 Å². The van der Waals surface area contributed by atoms with E-state index in [0.29, 0.717) is 5.69 Å². The molecule has 0 spiro atoms. The van der Waals surface area contributed by atoms with Gasteiger partial charge in [0, 0.05) is 23.9 Å². The Hall–Kier alpha value is -3.89. The molecule has 0 saturated heterocycles. The number of aliphatic carboxylic acids is 1. The maximum Gasteiger partial charge on any atom is 0.326 e. The van der Waals surface area contributed by atoms with Crippen molar-refractivity contribution in [3.63, 3.8) is 0 Å². The summed E-state index contributed by atoms with van der Waals surface area (Å²) in [5.74, 6) is -2.95. The highest BCUT2D eigenvalue weighted by Gasteiger charge is 2.27. The SMILES string of the molecule is CC(C)CC(NC(=O)C(Cc1cnc[nH]1)NC(=O)CNC(=O)c1ccc(O)cc1)C(=O)O. The number of aromatic nitrogens is 2. The predicted molar refractivity (Wildman–Crippen MR) is 114 cm³/mol. The van der Waals surface area contributed by atoms with Crippen LogP contribution in [0.1, 0.15) is 36.3 Å². The third-order valence-electron chi connectivity index (χ3n) is 4.49. The summed E-state index contributed by atoms with van der Waals surface area (Å²) in [6, 6.07) is 3.31. The topological polar surface area (TPSA) is 174 Å². The van der Waals surface area contributed by atoms with Crippen molar-refractivity contribution in [3.8, 4) is 5.75 Å². The van der Waals surface area contributed by atoms with Gasteiger partial charge in [0.1, 0.15) is 17.8 Å². The maximum atomic E-state index is 12.8. The lowest BCUT2D eigenvalue weighted by Crippen LogP contribution is -2.54. The minimum atomic E-state index is -1.17. The van der Waals surface area contributed by atoms with E-state index in [2.05, 4.69) is 25.9 Å². The fourth-order valence-electron chi connectivity index (χ4n) is 2.91. The summed E-state index contributed by atoms with van der Waals surface area (Å²) in [6.45, 7) is 3.27. The number of carbonyl (C=O) groups is 4. The molecule has 0 aliphatic heterocycles. The Morgan fingerprint density at radius 2 is 1.75 bits per heavy atom. The molecule has 2 unspecified atom stereocenters. The van der Waals surface area contributed by atoms with Crippen LogP contribution in [0, 0.1) is 5.92 Å². The zero-order valence-electron chi connectivity index (χ0n) is 17.8. The summed E-state index contributed by atoms with van der Waals surface area (Å²) in [5.41, 5.74) is 0.814. The van der Waals surface area contributed by atoms with E-state index in [1.165, 1.54) is 36.8 Å². The van der Waals surface area contributed by atoms with E-state index in [1.807, 2.05) is 13.8 Å². The molecular formula is C21H27N5O6. The quantitative estimate of drug-likeness (QED) is 0.286. The van der Waals surface area contributed by atoms with Crippen LogP contribution in [0.4, 0.5) is 0 Å². The molecule has 0 bridgehead atoms. The lowest BCUT2D eigenvalue weighted by atomic mass is 10.0. The molecule has 0 fully saturated rings. The van der Waals surface area contributed by atoms with Crippen molar-refractivity contribution >= 4 is 23.7 Å². The Kier molecular flexibility index (Phi) is 8.75. The zero-order valence-corrected chi connectivity index (χ0v) is 17.8. The number of aromatic hydroxyl groups is 1. The molecular weight excluding hydrogens is 418 g/mol. The van der Waals surface area contributed by atoms with Gasteiger partial charge in [-0.1, -0.05) is 13.8 Å². The largest absolute Gasteiger partial charge is 0.508 e. The number of benzene rings is 1. The van der Waals surface area contributed by atoms with Crippen LogP contribution in [0.25, 0.3) is 0 Å². The highest BCUT2D eigenvalue weighted by Crippen LogP contribution is 2.09. The van der Waals surface area contributed by atoms with E-state index >= 15 is 0 Å². The lowest BCUT2D eigenvalue weighted by Gasteiger charge is -2.22. The highest BCUT2D eigenvalue weighted by atomic mass is 16.4. The molecule has 0 saturated carbocycles. The van der Waals surface area contributed by atoms with Gasteiger partial charge in [-0.2, -0.15) is 0 Å². The molecule has 2 atom stereocenters. The van der Waals surface area contributed by atoms with E-state index in [-0.39, 0.29) is 30.1 Å². The first-order valence-corrected chi connectivity index (χ1v) is 10.0. The van der Waals surface area contributed by atoms with Crippen LogP contribution >= 0.6 is 0 Å². The predicted octanol–water partition coefficient (Wildman–Crippen LogP) is 0.188. The molecule has 1 aromatic carbocycles. The standard InChI is InChI=1S/C21H27N5O6/c1-12(2)7-17(21(31)32)26-20(30)16(8-14-9-22-11-24-14)25-18(28)10-23-19(29)13-3-5-15(27)6-4-13/h3-6,9,11-12,16-17,27H,7-8,10H2,1-2H3,(H,22,24)(H,23,29)(H,25,28)(H,26,30)(H,31,32). The number of carboxylic acid groups (broad SMARTS) is 1. The summed E-state index contributed by atoms with van der Waals surface area (Å²) >= 11 is 0. The van der Waals surface area contributed by atoms with Gasteiger partial charge in [-0.05, 0) is 36.6 Å². The summed E-state index contributed by atoms with van der Waals surface area (Å²) in [6.07, 6.45) is 3.19. The Labute approximate surface area is 184 Å². The van der Waals surface area contributed by atoms with E-state index < -0.39 is 42.3 Å². The number of imidazole rings is 1. The molecule has 1 heterocycles. The van der Waals surface area contributed by atoms with Crippen LogP contribution in [-0.2, 0) is 20.8 Å². The van der Waals surface area contributed by atoms with E-state index in [0.717, 1.165) is 0 Å². The Morgan fingerprint density at radius 3 is 2.31 bits per heavy atom. The number of carbonyl (C=O) groups excluding carboxylic acids is 3. The van der Waals surface area contributed by atoms with Crippen LogP contribution in [0.15, 0.2) is 36.8 Å². The second-order valence-electron chi connectivity index (χ2n) is 7.66. The van der Waals surface area contributed by atoms with Gasteiger partial charge in [-0.15, -0.1) is 0 Å². The van der Waals surface area contributed by atoms with Crippen molar-refractivity contribution in [2.75, 3.05) is 6.54 Å². The monoisotopic (exact) mass is 445 g/mol. The summed E-state index contributed by atoms with van der Waals surface area (Å²) in [7, 11) is 0. The summed E-state index contributed by atoms with van der Waals surface area (Å²) in [5, 5.41) is 26.1. The number of aromatic amines is 1. The van der Waals surface area contributed by atoms with Gasteiger partial charge >= 0.3 is 5.97 Å². The molecule has 3 amide bonds. The van der Waals surface area contributed by atoms with Crippen molar-refractivity contribution < 1.29 is 29.4 Å². The fourth-order valence-corrected chi connectivity index (χ4v) is 2.91. The molecule has 11 heteroatoms. The number of carboxylic acids is 1. The molecule has 172 valence electrons. The number of rotatable bonds is 11. The number of H-pyrrole nitrogens is 1. The summed E-state index contributed by atoms with van der Waals surface area (Å²) < 4.78 is 0. The normalized spacial score (nSPS) is 12.6. The molecule has 2 rings (SSSR count). The number of phenols is 1. The number of nitrogens with one attached hydrogen (secondary N) is 4. The zero-order chi connectivity index (χ0) is 23.7. The third kappa shape index (κ3) is 7.74. The first kappa shape index (κ1) is 24.4. The van der Waals surface area contributed by atoms with Crippen molar-refractivity contribution in [2.45, 2.75) is 38.8 Å². The molecule has 1 aromatic heterocycles. The Balaban J connectivity index is 2.01. The van der Waals surface area contributed by atoms with Crippen molar-refractivity contribution in [1.82, 2.24) is 25.9 Å². The second kappa shape index (κ2) is 11.5. The number of hydrogen-bond donors (Lipinski definition) is 6. The second-order valence-corrected chi connectivity index (χ2v) is 7.66. The minimum Gasteiger partial charge on any atom is -0.508 e. The maximum absolute atomic E-state index is 12.8. The Bertz CT molecular complexity index is 927. The molecule has 6 N–H and O–H groups in total. The first-order chi connectivity index (χ1) is 15.2. The van der Waals surface area contributed by atoms with Crippen LogP contribution < -0.4 is 16.0 Å². The van der Waals surface area contributed by atoms with Gasteiger partial charge in [0.05, 0.1) is 12.9 Å². The van der Waals surface area contributed by atoms with E-state index in [9.17, 15) is 29.4 Å².